The molecule has 0 aliphatic carbocycles. The van der Waals surface area contributed by atoms with Gasteiger partial charge in [-0.05, 0) is 32.9 Å². The van der Waals surface area contributed by atoms with Crippen LogP contribution in [0, 0.1) is 0 Å². The summed E-state index contributed by atoms with van der Waals surface area (Å²) in [6.45, 7) is 6.45. The summed E-state index contributed by atoms with van der Waals surface area (Å²) in [6.07, 6.45) is 0. The number of rotatable bonds is 6. The van der Waals surface area contributed by atoms with Gasteiger partial charge in [-0.3, -0.25) is 14.4 Å². The molecule has 154 valence electrons. The first-order valence-corrected chi connectivity index (χ1v) is 8.99. The first kappa shape index (κ1) is 21.5. The molecule has 2 rings (SSSR count). The number of carbonyl (C=O) groups excluding carboxylic acids is 3. The fraction of sp³-hybridized carbons (Fsp3) is 0.526. The monoisotopic (exact) mass is 393 g/mol. The lowest BCUT2D eigenvalue weighted by atomic mass is 10.1. The van der Waals surface area contributed by atoms with Crippen LogP contribution in [0.25, 0.3) is 0 Å². The van der Waals surface area contributed by atoms with Gasteiger partial charge in [-0.1, -0.05) is 0 Å². The molecular formula is C19H27N3O6. The van der Waals surface area contributed by atoms with Crippen molar-refractivity contribution < 1.29 is 28.6 Å². The van der Waals surface area contributed by atoms with E-state index in [1.807, 2.05) is 20.8 Å². The van der Waals surface area contributed by atoms with Crippen LogP contribution in [0.1, 0.15) is 20.8 Å². The second kappa shape index (κ2) is 9.41. The number of anilines is 1. The maximum absolute atomic E-state index is 12.6. The first-order chi connectivity index (χ1) is 13.2. The summed E-state index contributed by atoms with van der Waals surface area (Å²) in [6, 6.07) is 4.87. The van der Waals surface area contributed by atoms with Crippen LogP contribution >= 0.6 is 0 Å². The summed E-state index contributed by atoms with van der Waals surface area (Å²) in [5.74, 6) is -0.954. The molecule has 0 bridgehead atoms. The van der Waals surface area contributed by atoms with Crippen molar-refractivity contribution in [2.45, 2.75) is 26.3 Å². The molecule has 2 N–H and O–H groups in total. The van der Waals surface area contributed by atoms with E-state index in [0.717, 1.165) is 4.90 Å². The molecular weight excluding hydrogens is 366 g/mol. The second-order valence-electron chi connectivity index (χ2n) is 7.33. The molecule has 9 heteroatoms. The first-order valence-electron chi connectivity index (χ1n) is 8.99. The highest BCUT2D eigenvalue weighted by Gasteiger charge is 2.26. The van der Waals surface area contributed by atoms with Crippen LogP contribution in [0.2, 0.25) is 0 Å². The predicted octanol–water partition coefficient (Wildman–Crippen LogP) is 0.786. The third-order valence-corrected chi connectivity index (χ3v) is 3.70. The molecule has 28 heavy (non-hydrogen) atoms. The van der Waals surface area contributed by atoms with Crippen molar-refractivity contribution in [2.24, 2.45) is 0 Å². The number of amides is 3. The van der Waals surface area contributed by atoms with Crippen molar-refractivity contribution in [2.75, 3.05) is 45.3 Å². The Morgan fingerprint density at radius 1 is 1.14 bits per heavy atom. The number of nitrogens with zero attached hydrogens (tertiary/aromatic N) is 1. The summed E-state index contributed by atoms with van der Waals surface area (Å²) >= 11 is 0. The Bertz CT molecular complexity index is 729. The van der Waals surface area contributed by atoms with Gasteiger partial charge in [0, 0.05) is 30.9 Å². The summed E-state index contributed by atoms with van der Waals surface area (Å²) in [4.78, 5) is 38.3. The molecule has 0 atom stereocenters. The van der Waals surface area contributed by atoms with Gasteiger partial charge in [0.2, 0.25) is 5.91 Å². The van der Waals surface area contributed by atoms with Crippen molar-refractivity contribution in [3.8, 4) is 11.5 Å². The van der Waals surface area contributed by atoms with E-state index in [1.165, 1.54) is 7.11 Å². The average Bonchev–Trinajstić information content (AvgIpc) is 2.63. The van der Waals surface area contributed by atoms with E-state index in [4.69, 9.17) is 14.2 Å². The third kappa shape index (κ3) is 6.41. The zero-order chi connectivity index (χ0) is 20.7. The highest BCUT2D eigenvalue weighted by atomic mass is 16.6. The Labute approximate surface area is 164 Å². The zero-order valence-corrected chi connectivity index (χ0v) is 16.7. The van der Waals surface area contributed by atoms with Gasteiger partial charge in [0.25, 0.3) is 0 Å². The van der Waals surface area contributed by atoms with Gasteiger partial charge < -0.3 is 29.7 Å². The molecule has 0 fully saturated rings. The number of ether oxygens (including phenoxy) is 3. The molecule has 1 heterocycles. The Kier molecular flexibility index (Phi) is 7.22. The standard InChI is InChI=1S/C19H27N3O6/c1-19(2,3)21-16(23)12-22(7-8-26-4)18(25)17(24)20-13-5-6-14-15(11-13)28-10-9-27-14/h5-6,11H,7-10,12H2,1-4H3,(H,20,24)(H,21,23). The minimum atomic E-state index is -0.851. The number of nitrogens with one attached hydrogen (secondary N) is 2. The number of hydrogen-bond donors (Lipinski definition) is 2. The van der Waals surface area contributed by atoms with Crippen LogP contribution in [-0.4, -0.2) is 68.2 Å². The molecule has 1 aromatic rings. The zero-order valence-electron chi connectivity index (χ0n) is 16.7. The van der Waals surface area contributed by atoms with E-state index < -0.39 is 17.4 Å². The SMILES string of the molecule is COCCN(CC(=O)NC(C)(C)C)C(=O)C(=O)Nc1ccc2c(c1)OCCO2. The molecule has 9 nitrogen and oxygen atoms in total. The predicted molar refractivity (Wildman–Crippen MR) is 102 cm³/mol. The summed E-state index contributed by atoms with van der Waals surface area (Å²) in [7, 11) is 1.48. The Balaban J connectivity index is 2.03. The van der Waals surface area contributed by atoms with Crippen molar-refractivity contribution in [1.82, 2.24) is 10.2 Å². The smallest absolute Gasteiger partial charge is 0.313 e. The van der Waals surface area contributed by atoms with Gasteiger partial charge in [-0.25, -0.2) is 0 Å². The largest absolute Gasteiger partial charge is 0.486 e. The second-order valence-corrected chi connectivity index (χ2v) is 7.33. The highest BCUT2D eigenvalue weighted by molar-refractivity contribution is 6.39. The topological polar surface area (TPSA) is 106 Å². The molecule has 1 aliphatic heterocycles. The van der Waals surface area contributed by atoms with Crippen molar-refractivity contribution in [1.29, 1.82) is 0 Å². The number of carbonyl (C=O) groups is 3. The van der Waals surface area contributed by atoms with Crippen molar-refractivity contribution in [3.63, 3.8) is 0 Å². The lowest BCUT2D eigenvalue weighted by Gasteiger charge is -2.25. The van der Waals surface area contributed by atoms with E-state index >= 15 is 0 Å². The van der Waals surface area contributed by atoms with Gasteiger partial charge in [-0.2, -0.15) is 0 Å². The fourth-order valence-electron chi connectivity index (χ4n) is 2.53. The van der Waals surface area contributed by atoms with Crippen LogP contribution in [0.5, 0.6) is 11.5 Å². The Morgan fingerprint density at radius 2 is 1.82 bits per heavy atom. The van der Waals surface area contributed by atoms with E-state index in [9.17, 15) is 14.4 Å². The lowest BCUT2D eigenvalue weighted by molar-refractivity contribution is -0.145. The van der Waals surface area contributed by atoms with Crippen molar-refractivity contribution in [3.05, 3.63) is 18.2 Å². The summed E-state index contributed by atoms with van der Waals surface area (Å²) < 4.78 is 15.9. The van der Waals surface area contributed by atoms with Crippen LogP contribution in [0.3, 0.4) is 0 Å². The number of benzene rings is 1. The van der Waals surface area contributed by atoms with E-state index in [2.05, 4.69) is 10.6 Å². The number of methoxy groups -OCH3 is 1. The molecule has 0 aromatic heterocycles. The normalized spacial score (nSPS) is 12.9. The highest BCUT2D eigenvalue weighted by Crippen LogP contribution is 2.32. The maximum Gasteiger partial charge on any atom is 0.313 e. The number of hydrogen-bond acceptors (Lipinski definition) is 6. The average molecular weight is 393 g/mol. The van der Waals surface area contributed by atoms with E-state index in [0.29, 0.717) is 30.4 Å². The fourth-order valence-corrected chi connectivity index (χ4v) is 2.53. The molecule has 0 radical (unpaired) electrons. The third-order valence-electron chi connectivity index (χ3n) is 3.70. The lowest BCUT2D eigenvalue weighted by Crippen LogP contribution is -2.50. The van der Waals surface area contributed by atoms with Crippen LogP contribution < -0.4 is 20.1 Å². The quantitative estimate of drug-likeness (QED) is 0.692. The summed E-state index contributed by atoms with van der Waals surface area (Å²) in [5, 5.41) is 5.30. The van der Waals surface area contributed by atoms with E-state index in [1.54, 1.807) is 18.2 Å². The van der Waals surface area contributed by atoms with Gasteiger partial charge in [0.1, 0.15) is 19.8 Å². The van der Waals surface area contributed by atoms with Gasteiger partial charge in [-0.15, -0.1) is 0 Å². The van der Waals surface area contributed by atoms with Crippen LogP contribution in [0.15, 0.2) is 18.2 Å². The minimum absolute atomic E-state index is 0.113. The van der Waals surface area contributed by atoms with Gasteiger partial charge in [0.05, 0.1) is 6.61 Å². The Hall–Kier alpha value is -2.81. The van der Waals surface area contributed by atoms with E-state index in [-0.39, 0.29) is 25.6 Å². The molecule has 0 saturated heterocycles. The molecule has 0 spiro atoms. The van der Waals surface area contributed by atoms with Gasteiger partial charge >= 0.3 is 11.8 Å². The molecule has 0 saturated carbocycles. The molecule has 3 amide bonds. The number of fused-ring (bicyclic) bond motifs is 1. The van der Waals surface area contributed by atoms with Crippen molar-refractivity contribution >= 4 is 23.4 Å². The molecule has 1 aromatic carbocycles. The maximum atomic E-state index is 12.6. The van der Waals surface area contributed by atoms with Gasteiger partial charge in [0.15, 0.2) is 11.5 Å². The Morgan fingerprint density at radius 3 is 2.46 bits per heavy atom. The minimum Gasteiger partial charge on any atom is -0.486 e. The molecule has 0 unspecified atom stereocenters. The summed E-state index contributed by atoms with van der Waals surface area (Å²) in [5.41, 5.74) is -0.0472. The van der Waals surface area contributed by atoms with Crippen LogP contribution in [-0.2, 0) is 19.1 Å². The molecule has 1 aliphatic rings. The van der Waals surface area contributed by atoms with Crippen LogP contribution in [0.4, 0.5) is 5.69 Å².